The van der Waals surface area contributed by atoms with Crippen LogP contribution in [0.3, 0.4) is 0 Å². The van der Waals surface area contributed by atoms with Crippen molar-refractivity contribution in [2.45, 2.75) is 72.6 Å². The molecule has 12 heteroatoms. The number of hydrogen-bond donors (Lipinski definition) is 1. The average Bonchev–Trinajstić information content (AvgIpc) is 3.29. The number of carbonyl (C=O) groups is 3. The van der Waals surface area contributed by atoms with Gasteiger partial charge in [0.05, 0.1) is 19.5 Å². The van der Waals surface area contributed by atoms with E-state index in [9.17, 15) is 14.4 Å². The third kappa shape index (κ3) is 6.04. The van der Waals surface area contributed by atoms with E-state index in [2.05, 4.69) is 15.3 Å². The first-order chi connectivity index (χ1) is 20.2. The van der Waals surface area contributed by atoms with Crippen molar-refractivity contribution < 1.29 is 33.0 Å². The van der Waals surface area contributed by atoms with Crippen molar-refractivity contribution in [2.75, 3.05) is 29.9 Å². The highest BCUT2D eigenvalue weighted by atomic mass is 19.1. The van der Waals surface area contributed by atoms with Gasteiger partial charge >= 0.3 is 12.2 Å². The summed E-state index contributed by atoms with van der Waals surface area (Å²) < 4.78 is 32.6. The maximum atomic E-state index is 15.9. The molecule has 2 aliphatic rings. The van der Waals surface area contributed by atoms with Crippen LogP contribution in [0.1, 0.15) is 52.2 Å². The van der Waals surface area contributed by atoms with Crippen molar-refractivity contribution in [3.8, 4) is 17.0 Å². The first-order valence-corrected chi connectivity index (χ1v) is 14.2. The number of aryl methyl sites for hydroxylation is 1. The van der Waals surface area contributed by atoms with Gasteiger partial charge in [-0.25, -0.2) is 23.9 Å². The fraction of sp³-hybridized carbons (Fsp3) is 0.452. The zero-order valence-corrected chi connectivity index (χ0v) is 25.4. The molecule has 0 spiro atoms. The Hall–Kier alpha value is -4.48. The second-order valence-electron chi connectivity index (χ2n) is 12.1. The Morgan fingerprint density at radius 2 is 1.86 bits per heavy atom. The standard InChI is InChI=1S/C31H36FN5O6/c1-16(2)37-15-20(12-25(37)38)42-29(39)35-24-11-19-10-21(26(32)17(3)22(19)13-33-24)23-14-34-28-27(18(23)4)36(8-9-41-28)30(40)43-31(5,6)7/h10-11,13-14,16,20H,8-9,12,15H2,1-7H3,(H,33,35,39). The van der Waals surface area contributed by atoms with Crippen LogP contribution in [0.15, 0.2) is 24.5 Å². The number of fused-ring (bicyclic) bond motifs is 2. The number of aromatic nitrogens is 2. The largest absolute Gasteiger partial charge is 0.474 e. The van der Waals surface area contributed by atoms with Gasteiger partial charge < -0.3 is 19.1 Å². The molecule has 0 aliphatic carbocycles. The molecule has 1 aromatic carbocycles. The molecule has 1 unspecified atom stereocenters. The number of pyridine rings is 2. The molecule has 5 rings (SSSR count). The molecule has 1 N–H and O–H groups in total. The lowest BCUT2D eigenvalue weighted by Crippen LogP contribution is -2.42. The summed E-state index contributed by atoms with van der Waals surface area (Å²) in [7, 11) is 0. The number of benzene rings is 1. The molecular weight excluding hydrogens is 557 g/mol. The Bertz CT molecular complexity index is 1620. The van der Waals surface area contributed by atoms with Crippen molar-refractivity contribution in [1.82, 2.24) is 14.9 Å². The smallest absolute Gasteiger partial charge is 0.415 e. The van der Waals surface area contributed by atoms with Crippen molar-refractivity contribution in [3.05, 3.63) is 41.5 Å². The molecule has 4 heterocycles. The molecule has 0 radical (unpaired) electrons. The number of nitrogens with one attached hydrogen (secondary N) is 1. The lowest BCUT2D eigenvalue weighted by molar-refractivity contribution is -0.129. The third-order valence-electron chi connectivity index (χ3n) is 7.46. The zero-order chi connectivity index (χ0) is 31.2. The van der Waals surface area contributed by atoms with Crippen molar-refractivity contribution >= 4 is 40.4 Å². The minimum absolute atomic E-state index is 0.0195. The predicted molar refractivity (Wildman–Crippen MR) is 159 cm³/mol. The first kappa shape index (κ1) is 30.0. The fourth-order valence-electron chi connectivity index (χ4n) is 5.38. The van der Waals surface area contributed by atoms with Gasteiger partial charge in [-0.3, -0.25) is 15.0 Å². The number of anilines is 2. The van der Waals surface area contributed by atoms with E-state index in [4.69, 9.17) is 14.2 Å². The molecule has 0 saturated carbocycles. The molecule has 0 bridgehead atoms. The molecule has 1 fully saturated rings. The number of nitrogens with zero attached hydrogens (tertiary/aromatic N) is 4. The highest BCUT2D eigenvalue weighted by Gasteiger charge is 2.34. The Morgan fingerprint density at radius 3 is 2.53 bits per heavy atom. The Labute approximate surface area is 249 Å². The van der Waals surface area contributed by atoms with E-state index in [1.165, 1.54) is 17.3 Å². The molecule has 11 nitrogen and oxygen atoms in total. The quantitative estimate of drug-likeness (QED) is 0.406. The number of rotatable bonds is 4. The number of hydrogen-bond acceptors (Lipinski definition) is 8. The lowest BCUT2D eigenvalue weighted by Gasteiger charge is -2.32. The fourth-order valence-corrected chi connectivity index (χ4v) is 5.38. The van der Waals surface area contributed by atoms with Crippen LogP contribution in [0.2, 0.25) is 0 Å². The van der Waals surface area contributed by atoms with Crippen LogP contribution >= 0.6 is 0 Å². The number of ether oxygens (including phenoxy) is 3. The summed E-state index contributed by atoms with van der Waals surface area (Å²) in [6, 6.07) is 3.31. The molecule has 3 aromatic rings. The number of halogens is 1. The van der Waals surface area contributed by atoms with Gasteiger partial charge in [-0.05, 0) is 77.1 Å². The summed E-state index contributed by atoms with van der Waals surface area (Å²) in [5, 5.41) is 3.81. The van der Waals surface area contributed by atoms with Gasteiger partial charge in [-0.1, -0.05) is 0 Å². The van der Waals surface area contributed by atoms with Crippen LogP contribution in [0.4, 0.5) is 25.5 Å². The van der Waals surface area contributed by atoms with Crippen LogP contribution in [-0.4, -0.2) is 70.4 Å². The molecule has 2 aliphatic heterocycles. The minimum Gasteiger partial charge on any atom is -0.474 e. The van der Waals surface area contributed by atoms with E-state index in [-0.39, 0.29) is 48.8 Å². The van der Waals surface area contributed by atoms with E-state index >= 15 is 4.39 Å². The van der Waals surface area contributed by atoms with Gasteiger partial charge in [-0.2, -0.15) is 0 Å². The van der Waals surface area contributed by atoms with Gasteiger partial charge in [0.1, 0.15) is 35.6 Å². The molecule has 3 amide bonds. The van der Waals surface area contributed by atoms with Gasteiger partial charge in [0.2, 0.25) is 11.8 Å². The van der Waals surface area contributed by atoms with Crippen LogP contribution in [0.25, 0.3) is 21.9 Å². The highest BCUT2D eigenvalue weighted by Crippen LogP contribution is 2.41. The molecule has 2 aromatic heterocycles. The molecule has 1 saturated heterocycles. The Kier molecular flexibility index (Phi) is 7.89. The second-order valence-corrected chi connectivity index (χ2v) is 12.1. The minimum atomic E-state index is -0.730. The van der Waals surface area contributed by atoms with Crippen molar-refractivity contribution in [2.24, 2.45) is 0 Å². The summed E-state index contributed by atoms with van der Waals surface area (Å²) >= 11 is 0. The Balaban J connectivity index is 1.45. The topological polar surface area (TPSA) is 123 Å². The van der Waals surface area contributed by atoms with Crippen LogP contribution in [0, 0.1) is 19.7 Å². The molecule has 1 atom stereocenters. The second kappa shape index (κ2) is 11.3. The summed E-state index contributed by atoms with van der Waals surface area (Å²) in [5.74, 6) is -0.0370. The molecular formula is C31H36FN5O6. The number of amides is 3. The summed E-state index contributed by atoms with van der Waals surface area (Å²) in [6.07, 6.45) is 1.32. The summed E-state index contributed by atoms with van der Waals surface area (Å²) in [4.78, 5) is 49.7. The van der Waals surface area contributed by atoms with Crippen LogP contribution in [-0.2, 0) is 14.3 Å². The number of likely N-dealkylation sites (tertiary alicyclic amines) is 1. The monoisotopic (exact) mass is 593 g/mol. The third-order valence-corrected chi connectivity index (χ3v) is 7.46. The van der Waals surface area contributed by atoms with E-state index in [0.717, 1.165) is 0 Å². The molecule has 43 heavy (non-hydrogen) atoms. The van der Waals surface area contributed by atoms with E-state index in [0.29, 0.717) is 39.7 Å². The highest BCUT2D eigenvalue weighted by molar-refractivity contribution is 5.96. The van der Waals surface area contributed by atoms with Crippen molar-refractivity contribution in [1.29, 1.82) is 0 Å². The zero-order valence-electron chi connectivity index (χ0n) is 25.4. The van der Waals surface area contributed by atoms with Crippen molar-refractivity contribution in [3.63, 3.8) is 0 Å². The average molecular weight is 594 g/mol. The van der Waals surface area contributed by atoms with Gasteiger partial charge in [0.25, 0.3) is 0 Å². The summed E-state index contributed by atoms with van der Waals surface area (Å²) in [5.41, 5.74) is 1.44. The van der Waals surface area contributed by atoms with Crippen LogP contribution in [0.5, 0.6) is 5.88 Å². The van der Waals surface area contributed by atoms with E-state index < -0.39 is 29.7 Å². The SMILES string of the molecule is Cc1c(-c2cc3cc(NC(=O)OC4CC(=O)N(C(C)C)C4)ncc3c(C)c2F)cnc2c1N(C(=O)OC(C)(C)C)CCO2. The maximum absolute atomic E-state index is 15.9. The Morgan fingerprint density at radius 1 is 1.12 bits per heavy atom. The van der Waals surface area contributed by atoms with Gasteiger partial charge in [0.15, 0.2) is 0 Å². The predicted octanol–water partition coefficient (Wildman–Crippen LogP) is 5.74. The lowest BCUT2D eigenvalue weighted by atomic mass is 9.95. The first-order valence-electron chi connectivity index (χ1n) is 14.2. The maximum Gasteiger partial charge on any atom is 0.415 e. The number of carbonyl (C=O) groups excluding carboxylic acids is 3. The van der Waals surface area contributed by atoms with Gasteiger partial charge in [0, 0.05) is 34.9 Å². The van der Waals surface area contributed by atoms with E-state index in [1.54, 1.807) is 51.7 Å². The van der Waals surface area contributed by atoms with E-state index in [1.807, 2.05) is 13.8 Å². The van der Waals surface area contributed by atoms with Gasteiger partial charge in [-0.15, -0.1) is 0 Å². The molecule has 228 valence electrons. The van der Waals surface area contributed by atoms with Crippen LogP contribution < -0.4 is 15.0 Å². The normalized spacial score (nSPS) is 16.8. The summed E-state index contributed by atoms with van der Waals surface area (Å²) in [6.45, 7) is 13.5.